The average molecular weight is 472 g/mol. The standard InChI is InChI=1S/C19H28N4S.HI/c1-4-20-19(21-12-11-18-10-7-13-24-18)22-14-16-8-5-6-9-17(16)15-23(2)3;/h5-10,13H,4,11-12,14-15H2,1-3H3,(H2,20,21,22);1H. The number of benzene rings is 1. The second-order valence-corrected chi connectivity index (χ2v) is 6.99. The predicted molar refractivity (Wildman–Crippen MR) is 120 cm³/mol. The quantitative estimate of drug-likeness (QED) is 0.350. The summed E-state index contributed by atoms with van der Waals surface area (Å²) in [5, 5.41) is 8.87. The molecular weight excluding hydrogens is 443 g/mol. The van der Waals surface area contributed by atoms with Crippen molar-refractivity contribution in [3.63, 3.8) is 0 Å². The molecule has 0 bridgehead atoms. The summed E-state index contributed by atoms with van der Waals surface area (Å²) in [6.45, 7) is 5.48. The van der Waals surface area contributed by atoms with Crippen LogP contribution in [0.4, 0.5) is 0 Å². The molecular formula is C19H29IN4S. The number of rotatable bonds is 8. The van der Waals surface area contributed by atoms with Gasteiger partial charge in [0.25, 0.3) is 0 Å². The SMILES string of the molecule is CCNC(=NCc1ccccc1CN(C)C)NCCc1cccs1.I. The lowest BCUT2D eigenvalue weighted by Crippen LogP contribution is -2.38. The van der Waals surface area contributed by atoms with Gasteiger partial charge in [0.15, 0.2) is 5.96 Å². The molecule has 0 radical (unpaired) electrons. The van der Waals surface area contributed by atoms with E-state index in [2.05, 4.69) is 78.3 Å². The molecule has 6 heteroatoms. The van der Waals surface area contributed by atoms with E-state index in [1.165, 1.54) is 16.0 Å². The molecule has 0 amide bonds. The number of halogens is 1. The summed E-state index contributed by atoms with van der Waals surface area (Å²) in [5.41, 5.74) is 2.61. The van der Waals surface area contributed by atoms with Gasteiger partial charge in [0.1, 0.15) is 0 Å². The molecule has 0 unspecified atom stereocenters. The predicted octanol–water partition coefficient (Wildman–Crippen LogP) is 3.73. The molecule has 4 nitrogen and oxygen atoms in total. The summed E-state index contributed by atoms with van der Waals surface area (Å²) in [4.78, 5) is 8.34. The molecule has 0 saturated carbocycles. The number of nitrogens with zero attached hydrogens (tertiary/aromatic N) is 2. The van der Waals surface area contributed by atoms with Crippen molar-refractivity contribution in [3.8, 4) is 0 Å². The lowest BCUT2D eigenvalue weighted by Gasteiger charge is -2.14. The molecule has 1 aromatic carbocycles. The van der Waals surface area contributed by atoms with Crippen LogP contribution in [0.25, 0.3) is 0 Å². The zero-order chi connectivity index (χ0) is 17.2. The molecule has 2 rings (SSSR count). The molecule has 0 saturated heterocycles. The molecule has 25 heavy (non-hydrogen) atoms. The molecule has 0 aliphatic heterocycles. The van der Waals surface area contributed by atoms with E-state index in [1.54, 1.807) is 11.3 Å². The third-order valence-electron chi connectivity index (χ3n) is 3.60. The maximum absolute atomic E-state index is 4.75. The van der Waals surface area contributed by atoms with Crippen molar-refractivity contribution in [3.05, 3.63) is 57.8 Å². The van der Waals surface area contributed by atoms with Gasteiger partial charge in [-0.1, -0.05) is 30.3 Å². The van der Waals surface area contributed by atoms with Crippen LogP contribution in [0.5, 0.6) is 0 Å². The smallest absolute Gasteiger partial charge is 0.191 e. The third kappa shape index (κ3) is 8.20. The van der Waals surface area contributed by atoms with Crippen LogP contribution in [0.3, 0.4) is 0 Å². The van der Waals surface area contributed by atoms with Crippen molar-refractivity contribution in [2.75, 3.05) is 27.2 Å². The van der Waals surface area contributed by atoms with Gasteiger partial charge in [-0.25, -0.2) is 4.99 Å². The third-order valence-corrected chi connectivity index (χ3v) is 4.54. The van der Waals surface area contributed by atoms with E-state index in [1.807, 2.05) is 0 Å². The van der Waals surface area contributed by atoms with Crippen molar-refractivity contribution >= 4 is 41.3 Å². The van der Waals surface area contributed by atoms with Gasteiger partial charge in [0, 0.05) is 24.5 Å². The first kappa shape index (κ1) is 21.9. The van der Waals surface area contributed by atoms with Gasteiger partial charge in [-0.15, -0.1) is 35.3 Å². The van der Waals surface area contributed by atoms with Crippen molar-refractivity contribution in [1.82, 2.24) is 15.5 Å². The Balaban J connectivity index is 0.00000312. The van der Waals surface area contributed by atoms with Gasteiger partial charge in [-0.2, -0.15) is 0 Å². The minimum atomic E-state index is 0. The molecule has 0 atom stereocenters. The Hall–Kier alpha value is -1.12. The molecule has 1 heterocycles. The monoisotopic (exact) mass is 472 g/mol. The highest BCUT2D eigenvalue weighted by atomic mass is 127. The van der Waals surface area contributed by atoms with E-state index in [4.69, 9.17) is 4.99 Å². The molecule has 138 valence electrons. The van der Waals surface area contributed by atoms with E-state index in [9.17, 15) is 0 Å². The molecule has 2 aromatic rings. The molecule has 1 aromatic heterocycles. The van der Waals surface area contributed by atoms with E-state index >= 15 is 0 Å². The fraction of sp³-hybridized carbons (Fsp3) is 0.421. The summed E-state index contributed by atoms with van der Waals surface area (Å²) in [7, 11) is 4.19. The van der Waals surface area contributed by atoms with E-state index in [0.29, 0.717) is 6.54 Å². The second kappa shape index (κ2) is 12.3. The molecule has 0 fully saturated rings. The number of guanidine groups is 1. The molecule has 0 aliphatic rings. The van der Waals surface area contributed by atoms with Gasteiger partial charge in [0.05, 0.1) is 6.54 Å². The molecule has 0 spiro atoms. The van der Waals surface area contributed by atoms with Gasteiger partial charge in [-0.05, 0) is 50.0 Å². The van der Waals surface area contributed by atoms with Gasteiger partial charge < -0.3 is 15.5 Å². The number of hydrogen-bond donors (Lipinski definition) is 2. The highest BCUT2D eigenvalue weighted by Gasteiger charge is 2.04. The Bertz CT molecular complexity index is 626. The average Bonchev–Trinajstić information content (AvgIpc) is 3.06. The normalized spacial score (nSPS) is 11.3. The van der Waals surface area contributed by atoms with Crippen LogP contribution in [-0.2, 0) is 19.5 Å². The number of thiophene rings is 1. The van der Waals surface area contributed by atoms with Crippen LogP contribution in [0.2, 0.25) is 0 Å². The van der Waals surface area contributed by atoms with Crippen LogP contribution in [0, 0.1) is 0 Å². The van der Waals surface area contributed by atoms with Gasteiger partial charge >= 0.3 is 0 Å². The van der Waals surface area contributed by atoms with Crippen LogP contribution in [-0.4, -0.2) is 38.0 Å². The van der Waals surface area contributed by atoms with Crippen molar-refractivity contribution in [2.45, 2.75) is 26.4 Å². The first-order valence-corrected chi connectivity index (χ1v) is 9.33. The highest BCUT2D eigenvalue weighted by molar-refractivity contribution is 14.0. The summed E-state index contributed by atoms with van der Waals surface area (Å²) in [6, 6.07) is 12.8. The molecule has 2 N–H and O–H groups in total. The van der Waals surface area contributed by atoms with E-state index in [0.717, 1.165) is 32.0 Å². The summed E-state index contributed by atoms with van der Waals surface area (Å²) in [6.07, 6.45) is 1.03. The largest absolute Gasteiger partial charge is 0.357 e. The van der Waals surface area contributed by atoms with Crippen LogP contribution in [0.15, 0.2) is 46.8 Å². The first-order valence-electron chi connectivity index (χ1n) is 8.45. The van der Waals surface area contributed by atoms with Gasteiger partial charge in [-0.3, -0.25) is 0 Å². The summed E-state index contributed by atoms with van der Waals surface area (Å²) in [5.74, 6) is 0.883. The van der Waals surface area contributed by atoms with E-state index in [-0.39, 0.29) is 24.0 Å². The topological polar surface area (TPSA) is 39.7 Å². The van der Waals surface area contributed by atoms with Crippen LogP contribution >= 0.6 is 35.3 Å². The summed E-state index contributed by atoms with van der Waals surface area (Å²) < 4.78 is 0. The summed E-state index contributed by atoms with van der Waals surface area (Å²) >= 11 is 1.80. The highest BCUT2D eigenvalue weighted by Crippen LogP contribution is 2.12. The fourth-order valence-electron chi connectivity index (χ4n) is 2.47. The lowest BCUT2D eigenvalue weighted by molar-refractivity contribution is 0.401. The Morgan fingerprint density at radius 1 is 1.08 bits per heavy atom. The van der Waals surface area contributed by atoms with Crippen molar-refractivity contribution in [2.24, 2.45) is 4.99 Å². The Morgan fingerprint density at radius 3 is 2.48 bits per heavy atom. The fourth-order valence-corrected chi connectivity index (χ4v) is 3.18. The number of aliphatic imine (C=N–C) groups is 1. The minimum absolute atomic E-state index is 0. The zero-order valence-corrected chi connectivity index (χ0v) is 18.4. The maximum atomic E-state index is 4.75. The maximum Gasteiger partial charge on any atom is 0.191 e. The van der Waals surface area contributed by atoms with Gasteiger partial charge in [0.2, 0.25) is 0 Å². The number of hydrogen-bond acceptors (Lipinski definition) is 3. The second-order valence-electron chi connectivity index (χ2n) is 5.96. The van der Waals surface area contributed by atoms with Crippen molar-refractivity contribution in [1.29, 1.82) is 0 Å². The Kier molecular flexibility index (Phi) is 10.8. The molecule has 0 aliphatic carbocycles. The Labute approximate surface area is 172 Å². The van der Waals surface area contributed by atoms with Crippen LogP contribution < -0.4 is 10.6 Å². The first-order chi connectivity index (χ1) is 11.7. The number of nitrogens with one attached hydrogen (secondary N) is 2. The zero-order valence-electron chi connectivity index (χ0n) is 15.3. The van der Waals surface area contributed by atoms with Crippen LogP contribution in [0.1, 0.15) is 22.9 Å². The Morgan fingerprint density at radius 2 is 1.84 bits per heavy atom. The lowest BCUT2D eigenvalue weighted by atomic mass is 10.1. The van der Waals surface area contributed by atoms with E-state index < -0.39 is 0 Å². The van der Waals surface area contributed by atoms with Crippen molar-refractivity contribution < 1.29 is 0 Å². The minimum Gasteiger partial charge on any atom is -0.357 e.